The molecule has 1 aliphatic heterocycles. The lowest BCUT2D eigenvalue weighted by molar-refractivity contribution is -0.144. The molecule has 6 heteroatoms. The Morgan fingerprint density at radius 1 is 1.45 bits per heavy atom. The van der Waals surface area contributed by atoms with E-state index in [1.807, 2.05) is 0 Å². The van der Waals surface area contributed by atoms with Crippen LogP contribution in [0, 0.1) is 0 Å². The van der Waals surface area contributed by atoms with Crippen molar-refractivity contribution in [1.29, 1.82) is 0 Å². The Morgan fingerprint density at radius 2 is 2.15 bits per heavy atom. The van der Waals surface area contributed by atoms with Gasteiger partial charge in [-0.1, -0.05) is 12.1 Å². The van der Waals surface area contributed by atoms with Crippen molar-refractivity contribution in [3.8, 4) is 0 Å². The molecule has 2 unspecified atom stereocenters. The third kappa shape index (κ3) is 2.75. The third-order valence-corrected chi connectivity index (χ3v) is 4.17. The molecule has 0 spiro atoms. The number of para-hydroxylation sites is 1. The minimum absolute atomic E-state index is 0.138. The molecule has 108 valence electrons. The van der Waals surface area contributed by atoms with Crippen LogP contribution >= 0.6 is 0 Å². The predicted octanol–water partition coefficient (Wildman–Crippen LogP) is 1.48. The summed E-state index contributed by atoms with van der Waals surface area (Å²) in [5.41, 5.74) is 0.536. The van der Waals surface area contributed by atoms with Crippen LogP contribution in [0.25, 0.3) is 0 Å². The monoisotopic (exact) mass is 295 g/mol. The van der Waals surface area contributed by atoms with Crippen molar-refractivity contribution < 1.29 is 18.5 Å². The molecule has 1 aromatic carbocycles. The first-order valence-electron chi connectivity index (χ1n) is 6.47. The summed E-state index contributed by atoms with van der Waals surface area (Å²) < 4.78 is 16.8. The van der Waals surface area contributed by atoms with E-state index in [-0.39, 0.29) is 12.5 Å². The average molecular weight is 295 g/mol. The molecule has 2 rings (SSSR count). The van der Waals surface area contributed by atoms with Crippen molar-refractivity contribution >= 4 is 28.4 Å². The van der Waals surface area contributed by atoms with Gasteiger partial charge in [0.05, 0.1) is 28.0 Å². The van der Waals surface area contributed by atoms with Crippen molar-refractivity contribution in [2.24, 2.45) is 0 Å². The van der Waals surface area contributed by atoms with E-state index in [0.717, 1.165) is 0 Å². The Morgan fingerprint density at radius 3 is 2.80 bits per heavy atom. The summed E-state index contributed by atoms with van der Waals surface area (Å²) in [4.78, 5) is 26.0. The van der Waals surface area contributed by atoms with Crippen LogP contribution in [-0.2, 0) is 25.1 Å². The van der Waals surface area contributed by atoms with E-state index < -0.39 is 22.8 Å². The van der Waals surface area contributed by atoms with Crippen LogP contribution in [0.1, 0.15) is 19.8 Å². The lowest BCUT2D eigenvalue weighted by Gasteiger charge is -2.25. The highest BCUT2D eigenvalue weighted by atomic mass is 32.2. The smallest absolute Gasteiger partial charge is 0.329 e. The zero-order chi connectivity index (χ0) is 14.7. The Balaban J connectivity index is 2.40. The molecular weight excluding hydrogens is 278 g/mol. The fraction of sp³-hybridized carbons (Fsp3) is 0.429. The summed E-state index contributed by atoms with van der Waals surface area (Å²) in [5, 5.41) is 0. The van der Waals surface area contributed by atoms with Crippen LogP contribution in [-0.4, -0.2) is 35.0 Å². The maximum Gasteiger partial charge on any atom is 0.329 e. The molecule has 1 heterocycles. The van der Waals surface area contributed by atoms with E-state index in [4.69, 9.17) is 4.74 Å². The van der Waals surface area contributed by atoms with Crippen LogP contribution in [0.2, 0.25) is 0 Å². The van der Waals surface area contributed by atoms with Crippen molar-refractivity contribution in [1.82, 2.24) is 0 Å². The summed E-state index contributed by atoms with van der Waals surface area (Å²) in [6, 6.07) is 6.33. The van der Waals surface area contributed by atoms with E-state index in [9.17, 15) is 13.8 Å². The Bertz CT molecular complexity index is 558. The number of carbonyl (C=O) groups excluding carboxylic acids is 2. The molecule has 1 amide bonds. The van der Waals surface area contributed by atoms with Crippen LogP contribution in [0.4, 0.5) is 5.69 Å². The zero-order valence-electron chi connectivity index (χ0n) is 11.5. The molecule has 0 saturated carbocycles. The number of anilines is 1. The lowest BCUT2D eigenvalue weighted by Crippen LogP contribution is -2.40. The number of hydrogen-bond acceptors (Lipinski definition) is 4. The molecule has 1 saturated heterocycles. The zero-order valence-corrected chi connectivity index (χ0v) is 12.3. The minimum atomic E-state index is -1.23. The first-order valence-corrected chi connectivity index (χ1v) is 8.03. The number of nitrogens with zero attached hydrogens (tertiary/aromatic N) is 1. The van der Waals surface area contributed by atoms with Gasteiger partial charge < -0.3 is 4.74 Å². The highest BCUT2D eigenvalue weighted by molar-refractivity contribution is 7.84. The molecular formula is C14H17NO4S. The molecule has 0 bridgehead atoms. The molecule has 0 N–H and O–H groups in total. The van der Waals surface area contributed by atoms with Crippen molar-refractivity contribution in [2.45, 2.75) is 30.7 Å². The molecule has 2 atom stereocenters. The first-order chi connectivity index (χ1) is 9.56. The maximum atomic E-state index is 12.1. The third-order valence-electron chi connectivity index (χ3n) is 3.21. The molecule has 0 radical (unpaired) electrons. The molecule has 5 nitrogen and oxygen atoms in total. The Hall–Kier alpha value is -1.69. The number of hydrogen-bond donors (Lipinski definition) is 0. The van der Waals surface area contributed by atoms with E-state index >= 15 is 0 Å². The van der Waals surface area contributed by atoms with Gasteiger partial charge in [0.25, 0.3) is 0 Å². The van der Waals surface area contributed by atoms with Crippen LogP contribution in [0.3, 0.4) is 0 Å². The van der Waals surface area contributed by atoms with Gasteiger partial charge in [-0.15, -0.1) is 0 Å². The SMILES string of the molecule is CCOC(=O)C1CCC(=O)N1c1ccccc1S(C)=O. The molecule has 1 aromatic rings. The highest BCUT2D eigenvalue weighted by Gasteiger charge is 2.39. The topological polar surface area (TPSA) is 63.7 Å². The number of amides is 1. The van der Waals surface area contributed by atoms with Crippen LogP contribution in [0.15, 0.2) is 29.2 Å². The van der Waals surface area contributed by atoms with Gasteiger partial charge in [-0.3, -0.25) is 13.9 Å². The Labute approximate surface area is 120 Å². The second-order valence-corrected chi connectivity index (χ2v) is 5.84. The van der Waals surface area contributed by atoms with E-state index in [1.165, 1.54) is 4.90 Å². The molecule has 20 heavy (non-hydrogen) atoms. The first kappa shape index (κ1) is 14.7. The summed E-state index contributed by atoms with van der Waals surface area (Å²) in [5.74, 6) is -0.545. The van der Waals surface area contributed by atoms with Gasteiger partial charge >= 0.3 is 5.97 Å². The van der Waals surface area contributed by atoms with Gasteiger partial charge in [0.2, 0.25) is 5.91 Å². The molecule has 1 fully saturated rings. The summed E-state index contributed by atoms with van der Waals surface area (Å²) in [7, 11) is -1.23. The quantitative estimate of drug-likeness (QED) is 0.789. The fourth-order valence-electron chi connectivity index (χ4n) is 2.35. The average Bonchev–Trinajstić information content (AvgIpc) is 2.80. The number of benzene rings is 1. The van der Waals surface area contributed by atoms with E-state index in [2.05, 4.69) is 0 Å². The van der Waals surface area contributed by atoms with Crippen LogP contribution in [0.5, 0.6) is 0 Å². The minimum Gasteiger partial charge on any atom is -0.464 e. The largest absolute Gasteiger partial charge is 0.464 e. The Kier molecular flexibility index (Phi) is 4.54. The summed E-state index contributed by atoms with van der Waals surface area (Å²) in [6.07, 6.45) is 2.29. The second-order valence-electron chi connectivity index (χ2n) is 4.49. The van der Waals surface area contributed by atoms with Gasteiger partial charge in [0.15, 0.2) is 0 Å². The lowest BCUT2D eigenvalue weighted by atomic mass is 10.2. The predicted molar refractivity (Wildman–Crippen MR) is 75.9 cm³/mol. The van der Waals surface area contributed by atoms with Crippen molar-refractivity contribution in [3.05, 3.63) is 24.3 Å². The standard InChI is InChI=1S/C14H17NO4S/c1-3-19-14(17)11-8-9-13(16)15(11)10-6-4-5-7-12(10)20(2)18/h4-7,11H,3,8-9H2,1-2H3. The van der Waals surface area contributed by atoms with Crippen LogP contribution < -0.4 is 4.90 Å². The van der Waals surface area contributed by atoms with Gasteiger partial charge in [0.1, 0.15) is 6.04 Å². The van der Waals surface area contributed by atoms with E-state index in [1.54, 1.807) is 37.4 Å². The number of carbonyl (C=O) groups is 2. The second kappa shape index (κ2) is 6.17. The van der Waals surface area contributed by atoms with E-state index in [0.29, 0.717) is 23.4 Å². The highest BCUT2D eigenvalue weighted by Crippen LogP contribution is 2.31. The fourth-order valence-corrected chi connectivity index (χ4v) is 3.08. The number of esters is 1. The van der Waals surface area contributed by atoms with Gasteiger partial charge in [0, 0.05) is 12.7 Å². The van der Waals surface area contributed by atoms with Gasteiger partial charge in [-0.25, -0.2) is 4.79 Å². The summed E-state index contributed by atoms with van der Waals surface area (Å²) in [6.45, 7) is 2.01. The van der Waals surface area contributed by atoms with Crippen molar-refractivity contribution in [3.63, 3.8) is 0 Å². The van der Waals surface area contributed by atoms with Gasteiger partial charge in [-0.05, 0) is 25.5 Å². The molecule has 1 aliphatic rings. The van der Waals surface area contributed by atoms with Crippen molar-refractivity contribution in [2.75, 3.05) is 17.8 Å². The summed E-state index contributed by atoms with van der Waals surface area (Å²) >= 11 is 0. The normalized spacial score (nSPS) is 20.0. The molecule has 0 aliphatic carbocycles. The number of rotatable bonds is 4. The maximum absolute atomic E-state index is 12.1. The number of ether oxygens (including phenoxy) is 1. The van der Waals surface area contributed by atoms with Gasteiger partial charge in [-0.2, -0.15) is 0 Å². The molecule has 0 aromatic heterocycles.